The Balaban J connectivity index is 1.84. The first kappa shape index (κ1) is 17.2. The van der Waals surface area contributed by atoms with E-state index < -0.39 is 17.9 Å². The van der Waals surface area contributed by atoms with Crippen LogP contribution < -0.4 is 16.2 Å². The molecule has 6 nitrogen and oxygen atoms in total. The Morgan fingerprint density at radius 1 is 0.792 bits per heavy atom. The van der Waals surface area contributed by atoms with Crippen LogP contribution in [0.2, 0.25) is 0 Å². The number of hydrazine groups is 1. The van der Waals surface area contributed by atoms with E-state index >= 15 is 0 Å². The predicted molar refractivity (Wildman–Crippen MR) is 90.2 cm³/mol. The molecule has 3 N–H and O–H groups in total. The van der Waals surface area contributed by atoms with E-state index in [1.54, 1.807) is 54.6 Å². The first-order valence-corrected chi connectivity index (χ1v) is 7.50. The van der Waals surface area contributed by atoms with Gasteiger partial charge in [0.1, 0.15) is 6.04 Å². The second-order valence-electron chi connectivity index (χ2n) is 5.37. The van der Waals surface area contributed by atoms with Crippen LogP contribution in [0.25, 0.3) is 0 Å². The summed E-state index contributed by atoms with van der Waals surface area (Å²) in [6.07, 6.45) is 0. The molecule has 6 heteroatoms. The third-order valence-corrected chi connectivity index (χ3v) is 3.39. The summed E-state index contributed by atoms with van der Waals surface area (Å²) in [4.78, 5) is 35.8. The summed E-state index contributed by atoms with van der Waals surface area (Å²) in [5.41, 5.74) is 6.55. The maximum atomic E-state index is 12.0. The van der Waals surface area contributed by atoms with Crippen molar-refractivity contribution in [3.05, 3.63) is 71.3 Å². The summed E-state index contributed by atoms with van der Waals surface area (Å²) >= 11 is 0. The average molecular weight is 325 g/mol. The van der Waals surface area contributed by atoms with E-state index in [-0.39, 0.29) is 5.91 Å². The van der Waals surface area contributed by atoms with Crippen LogP contribution in [0.5, 0.6) is 0 Å². The van der Waals surface area contributed by atoms with Gasteiger partial charge >= 0.3 is 0 Å². The van der Waals surface area contributed by atoms with Crippen LogP contribution in [0.3, 0.4) is 0 Å². The number of carbonyl (C=O) groups is 3. The largest absolute Gasteiger partial charge is 0.340 e. The summed E-state index contributed by atoms with van der Waals surface area (Å²) in [5.74, 6) is -1.30. The van der Waals surface area contributed by atoms with Crippen molar-refractivity contribution in [2.45, 2.75) is 19.9 Å². The summed E-state index contributed by atoms with van der Waals surface area (Å²) in [5, 5.41) is 2.56. The van der Waals surface area contributed by atoms with Gasteiger partial charge in [0.2, 0.25) is 0 Å². The lowest BCUT2D eigenvalue weighted by molar-refractivity contribution is -0.123. The maximum Gasteiger partial charge on any atom is 0.269 e. The van der Waals surface area contributed by atoms with E-state index in [9.17, 15) is 14.4 Å². The Labute approximate surface area is 140 Å². The van der Waals surface area contributed by atoms with Crippen molar-refractivity contribution in [3.63, 3.8) is 0 Å². The Kier molecular flexibility index (Phi) is 5.68. The van der Waals surface area contributed by atoms with Crippen molar-refractivity contribution in [3.8, 4) is 0 Å². The number of benzene rings is 2. The van der Waals surface area contributed by atoms with Crippen LogP contribution in [0.1, 0.15) is 33.2 Å². The number of nitrogens with one attached hydrogen (secondary N) is 3. The minimum Gasteiger partial charge on any atom is -0.340 e. The second-order valence-corrected chi connectivity index (χ2v) is 5.37. The van der Waals surface area contributed by atoms with Gasteiger partial charge in [-0.2, -0.15) is 0 Å². The highest BCUT2D eigenvalue weighted by molar-refractivity contribution is 5.98. The summed E-state index contributed by atoms with van der Waals surface area (Å²) in [6, 6.07) is 14.7. The van der Waals surface area contributed by atoms with Gasteiger partial charge in [-0.05, 0) is 38.1 Å². The molecule has 2 aromatic carbocycles. The smallest absolute Gasteiger partial charge is 0.269 e. The summed E-state index contributed by atoms with van der Waals surface area (Å²) < 4.78 is 0. The van der Waals surface area contributed by atoms with Gasteiger partial charge < -0.3 is 5.32 Å². The van der Waals surface area contributed by atoms with Crippen molar-refractivity contribution < 1.29 is 14.4 Å². The molecule has 1 unspecified atom stereocenters. The van der Waals surface area contributed by atoms with E-state index in [1.807, 2.05) is 6.92 Å². The highest BCUT2D eigenvalue weighted by atomic mass is 16.2. The topological polar surface area (TPSA) is 87.3 Å². The molecule has 0 spiro atoms. The van der Waals surface area contributed by atoms with Gasteiger partial charge in [-0.15, -0.1) is 0 Å². The van der Waals surface area contributed by atoms with E-state index in [2.05, 4.69) is 16.2 Å². The fourth-order valence-corrected chi connectivity index (χ4v) is 1.94. The summed E-state index contributed by atoms with van der Waals surface area (Å²) in [6.45, 7) is 3.45. The number of amides is 3. The van der Waals surface area contributed by atoms with E-state index in [4.69, 9.17) is 0 Å². The average Bonchev–Trinajstić information content (AvgIpc) is 2.60. The molecule has 0 radical (unpaired) electrons. The highest BCUT2D eigenvalue weighted by Gasteiger charge is 2.17. The molecule has 0 bridgehead atoms. The Bertz CT molecular complexity index is 727. The molecule has 0 fully saturated rings. The molecule has 24 heavy (non-hydrogen) atoms. The summed E-state index contributed by atoms with van der Waals surface area (Å²) in [7, 11) is 0. The molecule has 0 saturated carbocycles. The lowest BCUT2D eigenvalue weighted by Crippen LogP contribution is -2.51. The van der Waals surface area contributed by atoms with Gasteiger partial charge in [0.15, 0.2) is 0 Å². The monoisotopic (exact) mass is 325 g/mol. The fraction of sp³-hybridized carbons (Fsp3) is 0.167. The van der Waals surface area contributed by atoms with Crippen LogP contribution in [-0.4, -0.2) is 23.8 Å². The minimum atomic E-state index is -0.795. The van der Waals surface area contributed by atoms with Crippen LogP contribution in [0, 0.1) is 6.92 Å². The molecule has 0 heterocycles. The minimum absolute atomic E-state index is 0.358. The maximum absolute atomic E-state index is 12.0. The predicted octanol–water partition coefficient (Wildman–Crippen LogP) is 1.57. The highest BCUT2D eigenvalue weighted by Crippen LogP contribution is 2.02. The third-order valence-electron chi connectivity index (χ3n) is 3.39. The standard InChI is InChI=1S/C18H19N3O3/c1-12-8-10-15(11-9-12)18(24)21-20-16(22)13(2)19-17(23)14-6-4-3-5-7-14/h3-11,13H,1-2H3,(H,19,23)(H,20,22)(H,21,24). The lowest BCUT2D eigenvalue weighted by atomic mass is 10.1. The first-order valence-electron chi connectivity index (χ1n) is 7.50. The molecule has 3 amide bonds. The molecule has 0 aliphatic heterocycles. The van der Waals surface area contributed by atoms with Gasteiger partial charge in [-0.1, -0.05) is 35.9 Å². The molecule has 0 aliphatic rings. The molecule has 124 valence electrons. The van der Waals surface area contributed by atoms with Crippen LogP contribution in [0.4, 0.5) is 0 Å². The fourth-order valence-electron chi connectivity index (χ4n) is 1.94. The third kappa shape index (κ3) is 4.67. The molecular weight excluding hydrogens is 306 g/mol. The van der Waals surface area contributed by atoms with E-state index in [0.717, 1.165) is 5.56 Å². The van der Waals surface area contributed by atoms with E-state index in [1.165, 1.54) is 6.92 Å². The Morgan fingerprint density at radius 2 is 1.38 bits per heavy atom. The molecule has 2 rings (SSSR count). The van der Waals surface area contributed by atoms with Crippen LogP contribution in [-0.2, 0) is 4.79 Å². The lowest BCUT2D eigenvalue weighted by Gasteiger charge is -2.14. The van der Waals surface area contributed by atoms with Crippen molar-refractivity contribution in [2.24, 2.45) is 0 Å². The molecule has 2 aromatic rings. The zero-order chi connectivity index (χ0) is 17.5. The van der Waals surface area contributed by atoms with Crippen LogP contribution >= 0.6 is 0 Å². The van der Waals surface area contributed by atoms with Gasteiger partial charge in [-0.25, -0.2) is 0 Å². The number of carbonyl (C=O) groups excluding carboxylic acids is 3. The van der Waals surface area contributed by atoms with Gasteiger partial charge in [-0.3, -0.25) is 25.2 Å². The molecular formula is C18H19N3O3. The second kappa shape index (κ2) is 7.92. The number of aryl methyl sites for hydroxylation is 1. The first-order chi connectivity index (χ1) is 11.5. The van der Waals surface area contributed by atoms with Crippen molar-refractivity contribution >= 4 is 17.7 Å². The molecule has 0 aliphatic carbocycles. The normalized spacial score (nSPS) is 11.2. The quantitative estimate of drug-likeness (QED) is 0.746. The Hall–Kier alpha value is -3.15. The van der Waals surface area contributed by atoms with Gasteiger partial charge in [0, 0.05) is 11.1 Å². The van der Waals surface area contributed by atoms with Crippen molar-refractivity contribution in [1.82, 2.24) is 16.2 Å². The molecule has 1 atom stereocenters. The zero-order valence-corrected chi connectivity index (χ0v) is 13.5. The number of hydrogen-bond acceptors (Lipinski definition) is 3. The van der Waals surface area contributed by atoms with Crippen LogP contribution in [0.15, 0.2) is 54.6 Å². The van der Waals surface area contributed by atoms with Crippen molar-refractivity contribution in [1.29, 1.82) is 0 Å². The van der Waals surface area contributed by atoms with Crippen molar-refractivity contribution in [2.75, 3.05) is 0 Å². The zero-order valence-electron chi connectivity index (χ0n) is 13.5. The van der Waals surface area contributed by atoms with E-state index in [0.29, 0.717) is 11.1 Å². The molecule has 0 saturated heterocycles. The van der Waals surface area contributed by atoms with Gasteiger partial charge in [0.25, 0.3) is 17.7 Å². The Morgan fingerprint density at radius 3 is 2.00 bits per heavy atom. The van der Waals surface area contributed by atoms with Gasteiger partial charge in [0.05, 0.1) is 0 Å². The number of hydrogen-bond donors (Lipinski definition) is 3. The SMILES string of the molecule is Cc1ccc(C(=O)NNC(=O)C(C)NC(=O)c2ccccc2)cc1. The number of rotatable bonds is 4. The molecule has 0 aromatic heterocycles.